The first-order valence-electron chi connectivity index (χ1n) is 8.33. The average molecular weight is 374 g/mol. The van der Waals surface area contributed by atoms with Crippen LogP contribution in [0, 0.1) is 6.92 Å². The number of hydrogen-bond acceptors (Lipinski definition) is 4. The van der Waals surface area contributed by atoms with Crippen LogP contribution in [0.3, 0.4) is 0 Å². The third-order valence-electron chi connectivity index (χ3n) is 3.93. The van der Waals surface area contributed by atoms with Crippen molar-refractivity contribution in [1.82, 2.24) is 15.1 Å². The van der Waals surface area contributed by atoms with Crippen LogP contribution in [0.15, 0.2) is 47.0 Å². The summed E-state index contributed by atoms with van der Waals surface area (Å²) in [6.45, 7) is 5.30. The highest BCUT2D eigenvalue weighted by Crippen LogP contribution is 2.23. The molecule has 0 saturated carbocycles. The van der Waals surface area contributed by atoms with E-state index < -0.39 is 0 Å². The normalized spacial score (nSPS) is 10.7. The van der Waals surface area contributed by atoms with E-state index in [1.54, 1.807) is 24.4 Å². The number of amides is 1. The molecule has 0 fully saturated rings. The van der Waals surface area contributed by atoms with Crippen LogP contribution < -0.4 is 10.1 Å². The Hall–Kier alpha value is -2.73. The number of nitrogens with one attached hydrogen (secondary N) is 1. The third-order valence-corrected chi connectivity index (χ3v) is 4.16. The summed E-state index contributed by atoms with van der Waals surface area (Å²) in [4.78, 5) is 12.2. The number of aryl methyl sites for hydroxylation is 2. The highest BCUT2D eigenvalue weighted by atomic mass is 35.5. The van der Waals surface area contributed by atoms with Gasteiger partial charge in [0.25, 0.3) is 5.91 Å². The van der Waals surface area contributed by atoms with Crippen molar-refractivity contribution < 1.29 is 13.9 Å². The molecule has 0 radical (unpaired) electrons. The van der Waals surface area contributed by atoms with Gasteiger partial charge in [0, 0.05) is 17.8 Å². The minimum atomic E-state index is -0.275. The highest BCUT2D eigenvalue weighted by molar-refractivity contribution is 6.30. The van der Waals surface area contributed by atoms with Gasteiger partial charge in [-0.2, -0.15) is 5.10 Å². The van der Waals surface area contributed by atoms with Crippen LogP contribution in [0.1, 0.15) is 34.5 Å². The Labute approximate surface area is 156 Å². The lowest BCUT2D eigenvalue weighted by molar-refractivity contribution is 0.0918. The number of rotatable bonds is 7. The molecule has 26 heavy (non-hydrogen) atoms. The molecular weight excluding hydrogens is 354 g/mol. The molecule has 2 heterocycles. The van der Waals surface area contributed by atoms with Crippen LogP contribution in [0.25, 0.3) is 0 Å². The van der Waals surface area contributed by atoms with E-state index in [2.05, 4.69) is 10.4 Å². The molecule has 3 aromatic rings. The topological polar surface area (TPSA) is 69.3 Å². The van der Waals surface area contributed by atoms with Crippen molar-refractivity contribution in [3.63, 3.8) is 0 Å². The van der Waals surface area contributed by atoms with Crippen LogP contribution in [0.2, 0.25) is 5.02 Å². The van der Waals surface area contributed by atoms with Crippen molar-refractivity contribution in [3.05, 3.63) is 70.4 Å². The molecule has 1 aromatic carbocycles. The Morgan fingerprint density at radius 3 is 2.92 bits per heavy atom. The van der Waals surface area contributed by atoms with Crippen molar-refractivity contribution in [1.29, 1.82) is 0 Å². The number of carbonyl (C=O) groups is 1. The summed E-state index contributed by atoms with van der Waals surface area (Å²) in [5.74, 6) is 1.27. The molecule has 0 unspecified atom stereocenters. The molecule has 3 rings (SSSR count). The van der Waals surface area contributed by atoms with Gasteiger partial charge in [-0.15, -0.1) is 0 Å². The first-order chi connectivity index (χ1) is 12.6. The van der Waals surface area contributed by atoms with Crippen LogP contribution in [0.5, 0.6) is 5.75 Å². The predicted octanol–water partition coefficient (Wildman–Crippen LogP) is 3.97. The molecule has 1 N–H and O–H groups in total. The van der Waals surface area contributed by atoms with Gasteiger partial charge in [-0.05, 0) is 55.8 Å². The van der Waals surface area contributed by atoms with E-state index in [-0.39, 0.29) is 18.3 Å². The monoisotopic (exact) mass is 373 g/mol. The summed E-state index contributed by atoms with van der Waals surface area (Å²) in [6, 6.07) is 10.7. The van der Waals surface area contributed by atoms with Gasteiger partial charge in [0.1, 0.15) is 18.1 Å². The molecule has 0 aliphatic heterocycles. The molecular formula is C19H20ClN3O3. The number of aromatic nitrogens is 2. The predicted molar refractivity (Wildman–Crippen MR) is 98.3 cm³/mol. The number of hydrogen-bond donors (Lipinski definition) is 1. The van der Waals surface area contributed by atoms with E-state index in [1.165, 1.54) is 0 Å². The zero-order valence-electron chi connectivity index (χ0n) is 14.7. The van der Waals surface area contributed by atoms with E-state index in [1.807, 2.05) is 36.7 Å². The van der Waals surface area contributed by atoms with Gasteiger partial charge in [0.15, 0.2) is 5.76 Å². The highest BCUT2D eigenvalue weighted by Gasteiger charge is 2.12. The van der Waals surface area contributed by atoms with Crippen LogP contribution in [-0.2, 0) is 19.7 Å². The van der Waals surface area contributed by atoms with Crippen LogP contribution in [-0.4, -0.2) is 15.7 Å². The fourth-order valence-corrected chi connectivity index (χ4v) is 2.78. The fourth-order valence-electron chi connectivity index (χ4n) is 2.55. The SMILES string of the molecule is CCn1nccc1CNC(=O)c1ccc(COc2ccc(Cl)cc2C)o1. The maximum absolute atomic E-state index is 12.2. The fraction of sp³-hybridized carbons (Fsp3) is 0.263. The smallest absolute Gasteiger partial charge is 0.287 e. The van der Waals surface area contributed by atoms with E-state index in [4.69, 9.17) is 20.8 Å². The Morgan fingerprint density at radius 1 is 1.31 bits per heavy atom. The van der Waals surface area contributed by atoms with Gasteiger partial charge in [-0.3, -0.25) is 9.48 Å². The lowest BCUT2D eigenvalue weighted by atomic mass is 10.2. The molecule has 0 bridgehead atoms. The first kappa shape index (κ1) is 18.1. The van der Waals surface area contributed by atoms with Gasteiger partial charge < -0.3 is 14.5 Å². The van der Waals surface area contributed by atoms with E-state index >= 15 is 0 Å². The van der Waals surface area contributed by atoms with Gasteiger partial charge in [-0.1, -0.05) is 11.6 Å². The Bertz CT molecular complexity index is 901. The van der Waals surface area contributed by atoms with Crippen molar-refractivity contribution in [2.45, 2.75) is 33.5 Å². The quantitative estimate of drug-likeness (QED) is 0.680. The van der Waals surface area contributed by atoms with Crippen molar-refractivity contribution >= 4 is 17.5 Å². The number of furan rings is 1. The molecule has 7 heteroatoms. The number of nitrogens with zero attached hydrogens (tertiary/aromatic N) is 2. The van der Waals surface area contributed by atoms with Crippen LogP contribution >= 0.6 is 11.6 Å². The van der Waals surface area contributed by atoms with Gasteiger partial charge >= 0.3 is 0 Å². The zero-order valence-corrected chi connectivity index (χ0v) is 15.4. The minimum absolute atomic E-state index is 0.234. The number of halogens is 1. The summed E-state index contributed by atoms with van der Waals surface area (Å²) < 4.78 is 13.1. The molecule has 1 amide bonds. The first-order valence-corrected chi connectivity index (χ1v) is 8.71. The Kier molecular flexibility index (Phi) is 5.63. The summed E-state index contributed by atoms with van der Waals surface area (Å²) >= 11 is 5.93. The Morgan fingerprint density at radius 2 is 2.15 bits per heavy atom. The average Bonchev–Trinajstić information content (AvgIpc) is 3.28. The molecule has 6 nitrogen and oxygen atoms in total. The second-order valence-corrected chi connectivity index (χ2v) is 6.22. The number of benzene rings is 1. The zero-order chi connectivity index (χ0) is 18.5. The van der Waals surface area contributed by atoms with E-state index in [0.29, 0.717) is 17.3 Å². The molecule has 136 valence electrons. The van der Waals surface area contributed by atoms with Crippen LogP contribution in [0.4, 0.5) is 0 Å². The summed E-state index contributed by atoms with van der Waals surface area (Å²) in [5, 5.41) is 7.66. The van der Waals surface area contributed by atoms with Gasteiger partial charge in [-0.25, -0.2) is 0 Å². The number of ether oxygens (including phenoxy) is 1. The standard InChI is InChI=1S/C19H20ClN3O3/c1-3-23-15(8-9-22-23)11-21-19(24)18-7-5-16(26-18)12-25-17-6-4-14(20)10-13(17)2/h4-10H,3,11-12H2,1-2H3,(H,21,24). The molecule has 2 aromatic heterocycles. The second kappa shape index (κ2) is 8.10. The summed E-state index contributed by atoms with van der Waals surface area (Å²) in [6.07, 6.45) is 1.71. The largest absolute Gasteiger partial charge is 0.485 e. The Balaban J connectivity index is 1.56. The molecule has 0 atom stereocenters. The maximum Gasteiger partial charge on any atom is 0.287 e. The molecule has 0 saturated heterocycles. The lowest BCUT2D eigenvalue weighted by Crippen LogP contribution is -2.24. The van der Waals surface area contributed by atoms with Crippen molar-refractivity contribution in [2.24, 2.45) is 0 Å². The maximum atomic E-state index is 12.2. The van der Waals surface area contributed by atoms with E-state index in [0.717, 1.165) is 23.6 Å². The second-order valence-electron chi connectivity index (χ2n) is 5.79. The molecule has 0 aliphatic carbocycles. The van der Waals surface area contributed by atoms with Crippen molar-refractivity contribution in [3.8, 4) is 5.75 Å². The number of carbonyl (C=O) groups excluding carboxylic acids is 1. The van der Waals surface area contributed by atoms with Crippen molar-refractivity contribution in [2.75, 3.05) is 0 Å². The molecule has 0 aliphatic rings. The van der Waals surface area contributed by atoms with Gasteiger partial charge in [0.05, 0.1) is 12.2 Å². The lowest BCUT2D eigenvalue weighted by Gasteiger charge is -2.08. The minimum Gasteiger partial charge on any atom is -0.485 e. The van der Waals surface area contributed by atoms with Gasteiger partial charge in [0.2, 0.25) is 0 Å². The third kappa shape index (κ3) is 4.26. The summed E-state index contributed by atoms with van der Waals surface area (Å²) in [5.41, 5.74) is 1.88. The molecule has 0 spiro atoms. The summed E-state index contributed by atoms with van der Waals surface area (Å²) in [7, 11) is 0. The van der Waals surface area contributed by atoms with E-state index in [9.17, 15) is 4.79 Å².